The van der Waals surface area contributed by atoms with Crippen molar-refractivity contribution in [2.24, 2.45) is 0 Å². The lowest BCUT2D eigenvalue weighted by atomic mass is 10.0. The Kier molecular flexibility index (Phi) is 23.4. The number of amides is 2. The minimum Gasteiger partial charge on any atom is -0.390 e. The Morgan fingerprint density at radius 1 is 0.516 bits per heavy atom. The quantitative estimate of drug-likeness (QED) is 0.0176. The zero-order chi connectivity index (χ0) is 45.4. The standard InChI is InChI=1S/C35H40NO8P.C7H16NO8P/c37-28-36(44-27-32-19-11-4-12-20-32)23-34(42-25-30-15-7-2-8-16-30)35(43-26-31-17-9-3-10-18-31)33(21-22-45(38,39)40)41-24-29-13-5-1-6-14-29;9-4-8(13)3-6(11)7(12)5(10)1-2-17(14,15)16/h1-20,28,33-35H,21-27H2,(H2,38,39,40);4-7,10-13H,1-3H2,(H2,14,15,16)/t33-,34-,35-;5-,6-,7-/m11/s1. The van der Waals surface area contributed by atoms with Crippen LogP contribution in [0.2, 0.25) is 0 Å². The molecule has 0 unspecified atom stereocenters. The molecule has 340 valence electrons. The molecule has 2 amide bonds. The van der Waals surface area contributed by atoms with Crippen molar-refractivity contribution >= 4 is 28.0 Å². The van der Waals surface area contributed by atoms with Gasteiger partial charge in [0.05, 0.1) is 57.4 Å². The second kappa shape index (κ2) is 27.8. The lowest BCUT2D eigenvalue weighted by molar-refractivity contribution is -0.208. The van der Waals surface area contributed by atoms with E-state index in [-0.39, 0.29) is 50.9 Å². The summed E-state index contributed by atoms with van der Waals surface area (Å²) in [4.78, 5) is 64.8. The van der Waals surface area contributed by atoms with Gasteiger partial charge in [0.1, 0.15) is 31.0 Å². The van der Waals surface area contributed by atoms with Crippen LogP contribution >= 0.6 is 15.2 Å². The number of benzene rings is 4. The minimum atomic E-state index is -4.37. The van der Waals surface area contributed by atoms with E-state index in [9.17, 15) is 43.8 Å². The Bertz CT molecular complexity index is 1910. The number of aliphatic hydroxyl groups is 3. The summed E-state index contributed by atoms with van der Waals surface area (Å²) in [5, 5.41) is 37.8. The minimum absolute atomic E-state index is 0.00202. The third-order valence-corrected chi connectivity index (χ3v) is 10.7. The molecule has 0 radical (unpaired) electrons. The molecule has 18 nitrogen and oxygen atoms in total. The van der Waals surface area contributed by atoms with Gasteiger partial charge >= 0.3 is 15.2 Å². The average molecular weight is 907 g/mol. The SMILES string of the molecule is O=CN(C[C@@H](OCc1ccccc1)[C@H](OCc1ccccc1)[C@@H](CCP(=O)(O)O)OCc1ccccc1)OCc1ccccc1.O=CN(O)C[C@@H](O)[C@H](O)[C@H](O)CCP(=O)(O)O. The summed E-state index contributed by atoms with van der Waals surface area (Å²) in [5.74, 6) is 0. The van der Waals surface area contributed by atoms with E-state index in [0.29, 0.717) is 6.41 Å². The van der Waals surface area contributed by atoms with Crippen LogP contribution in [-0.4, -0.2) is 125 Å². The lowest BCUT2D eigenvalue weighted by Crippen LogP contribution is -2.48. The molecule has 0 aliphatic heterocycles. The summed E-state index contributed by atoms with van der Waals surface area (Å²) < 4.78 is 41.8. The van der Waals surface area contributed by atoms with Crippen LogP contribution < -0.4 is 0 Å². The van der Waals surface area contributed by atoms with Crippen molar-refractivity contribution in [1.29, 1.82) is 0 Å². The molecular weight excluding hydrogens is 850 g/mol. The molecule has 0 spiro atoms. The Balaban J connectivity index is 0.000000509. The maximum atomic E-state index is 12.2. The summed E-state index contributed by atoms with van der Waals surface area (Å²) in [6.07, 6.45) is -8.26. The number of carbonyl (C=O) groups excluding carboxylic acids is 2. The van der Waals surface area contributed by atoms with Gasteiger partial charge in [0.25, 0.3) is 0 Å². The van der Waals surface area contributed by atoms with Crippen molar-refractivity contribution in [2.75, 3.05) is 25.4 Å². The third-order valence-electron chi connectivity index (χ3n) is 9.05. The first-order chi connectivity index (χ1) is 29.6. The second-order valence-corrected chi connectivity index (χ2v) is 17.7. The van der Waals surface area contributed by atoms with Crippen LogP contribution in [0.25, 0.3) is 0 Å². The van der Waals surface area contributed by atoms with Crippen LogP contribution in [0, 0.1) is 0 Å². The summed E-state index contributed by atoms with van der Waals surface area (Å²) in [6.45, 7) is 0.0783. The first kappa shape index (κ1) is 52.1. The third kappa shape index (κ3) is 21.7. The predicted octanol–water partition coefficient (Wildman–Crippen LogP) is 3.39. The van der Waals surface area contributed by atoms with Crippen molar-refractivity contribution in [1.82, 2.24) is 10.1 Å². The van der Waals surface area contributed by atoms with Gasteiger partial charge in [0, 0.05) is 0 Å². The summed E-state index contributed by atoms with van der Waals surface area (Å²) in [5.41, 5.74) is 3.58. The molecule has 0 fully saturated rings. The number of rotatable bonds is 28. The number of aliphatic hydroxyl groups excluding tert-OH is 3. The average Bonchev–Trinajstić information content (AvgIpc) is 3.27. The fourth-order valence-corrected chi connectivity index (χ4v) is 6.96. The van der Waals surface area contributed by atoms with Crippen molar-refractivity contribution in [3.63, 3.8) is 0 Å². The first-order valence-corrected chi connectivity index (χ1v) is 23.1. The van der Waals surface area contributed by atoms with E-state index < -0.39 is 77.1 Å². The molecule has 0 aromatic heterocycles. The van der Waals surface area contributed by atoms with Crippen LogP contribution in [0.4, 0.5) is 0 Å². The maximum absolute atomic E-state index is 12.2. The van der Waals surface area contributed by atoms with Gasteiger partial charge in [0.2, 0.25) is 12.8 Å². The second-order valence-electron chi connectivity index (χ2n) is 14.1. The number of ether oxygens (including phenoxy) is 3. The van der Waals surface area contributed by atoms with Gasteiger partial charge in [-0.3, -0.25) is 28.8 Å². The Hall–Kier alpha value is -4.20. The molecule has 0 aliphatic carbocycles. The molecule has 4 aromatic carbocycles. The Morgan fingerprint density at radius 3 is 1.34 bits per heavy atom. The molecule has 0 bridgehead atoms. The van der Waals surface area contributed by atoms with Gasteiger partial charge in [-0.05, 0) is 35.1 Å². The normalized spacial score (nSPS) is 14.6. The molecule has 8 N–H and O–H groups in total. The monoisotopic (exact) mass is 906 g/mol. The van der Waals surface area contributed by atoms with Gasteiger partial charge < -0.3 is 49.1 Å². The molecule has 4 aromatic rings. The van der Waals surface area contributed by atoms with E-state index in [1.807, 2.05) is 121 Å². The molecule has 0 heterocycles. The fraction of sp³-hybridized carbons (Fsp3) is 0.381. The van der Waals surface area contributed by atoms with Crippen LogP contribution in [0.3, 0.4) is 0 Å². The van der Waals surface area contributed by atoms with E-state index >= 15 is 0 Å². The zero-order valence-corrected chi connectivity index (χ0v) is 35.7. The van der Waals surface area contributed by atoms with Crippen molar-refractivity contribution in [2.45, 2.75) is 75.9 Å². The highest BCUT2D eigenvalue weighted by molar-refractivity contribution is 7.52. The maximum Gasteiger partial charge on any atom is 0.325 e. The fourth-order valence-electron chi connectivity index (χ4n) is 5.77. The van der Waals surface area contributed by atoms with Gasteiger partial charge in [-0.25, -0.2) is 10.1 Å². The zero-order valence-electron chi connectivity index (χ0n) is 33.9. The first-order valence-electron chi connectivity index (χ1n) is 19.5. The van der Waals surface area contributed by atoms with E-state index in [1.54, 1.807) is 0 Å². The van der Waals surface area contributed by atoms with Gasteiger partial charge in [-0.1, -0.05) is 121 Å². The Morgan fingerprint density at radius 2 is 0.919 bits per heavy atom. The smallest absolute Gasteiger partial charge is 0.325 e. The van der Waals surface area contributed by atoms with Crippen molar-refractivity contribution < 1.29 is 77.9 Å². The van der Waals surface area contributed by atoms with Crippen LogP contribution in [0.5, 0.6) is 0 Å². The molecule has 6 atom stereocenters. The van der Waals surface area contributed by atoms with Gasteiger partial charge in [-0.15, -0.1) is 0 Å². The number of hydroxylamine groups is 4. The molecule has 4 rings (SSSR count). The van der Waals surface area contributed by atoms with Crippen molar-refractivity contribution in [3.05, 3.63) is 144 Å². The molecular formula is C42H56N2O16P2. The van der Waals surface area contributed by atoms with Crippen molar-refractivity contribution in [3.8, 4) is 0 Å². The van der Waals surface area contributed by atoms with E-state index in [0.717, 1.165) is 22.3 Å². The van der Waals surface area contributed by atoms with Crippen LogP contribution in [-0.2, 0) is 64.2 Å². The summed E-state index contributed by atoms with van der Waals surface area (Å²) >= 11 is 0. The van der Waals surface area contributed by atoms with E-state index in [2.05, 4.69) is 0 Å². The molecule has 62 heavy (non-hydrogen) atoms. The van der Waals surface area contributed by atoms with Crippen LogP contribution in [0.15, 0.2) is 121 Å². The number of nitrogens with zero attached hydrogens (tertiary/aromatic N) is 2. The lowest BCUT2D eigenvalue weighted by Gasteiger charge is -2.35. The highest BCUT2D eigenvalue weighted by atomic mass is 31.2. The van der Waals surface area contributed by atoms with Gasteiger partial charge in [-0.2, -0.15) is 0 Å². The summed E-state index contributed by atoms with van der Waals surface area (Å²) in [6, 6.07) is 38.1. The van der Waals surface area contributed by atoms with Crippen LogP contribution in [0.1, 0.15) is 35.1 Å². The van der Waals surface area contributed by atoms with Gasteiger partial charge in [0.15, 0.2) is 0 Å². The molecule has 0 saturated carbocycles. The number of hydrogen-bond donors (Lipinski definition) is 8. The van der Waals surface area contributed by atoms with E-state index in [1.165, 1.54) is 5.06 Å². The number of carbonyl (C=O) groups is 2. The number of hydrogen-bond acceptors (Lipinski definition) is 12. The Labute approximate surface area is 360 Å². The highest BCUT2D eigenvalue weighted by Gasteiger charge is 2.36. The molecule has 0 aliphatic rings. The predicted molar refractivity (Wildman–Crippen MR) is 225 cm³/mol. The summed E-state index contributed by atoms with van der Waals surface area (Å²) in [7, 11) is -8.66. The molecule has 0 saturated heterocycles. The molecule has 20 heteroatoms. The topological polar surface area (TPSA) is 274 Å². The van der Waals surface area contributed by atoms with E-state index in [4.69, 9.17) is 34.0 Å². The largest absolute Gasteiger partial charge is 0.390 e. The highest BCUT2D eigenvalue weighted by Crippen LogP contribution is 2.37.